The average Bonchev–Trinajstić information content (AvgIpc) is 2.30. The van der Waals surface area contributed by atoms with Crippen molar-refractivity contribution in [2.45, 2.75) is 39.0 Å². The lowest BCUT2D eigenvalue weighted by atomic mass is 10.0. The van der Waals surface area contributed by atoms with Crippen LogP contribution in [0.3, 0.4) is 0 Å². The minimum absolute atomic E-state index is 0.116. The molecular weight excluding hydrogens is 202 g/mol. The van der Waals surface area contributed by atoms with Gasteiger partial charge in [-0.1, -0.05) is 44.0 Å². The van der Waals surface area contributed by atoms with E-state index in [4.69, 9.17) is 0 Å². The topological polar surface area (TPSA) is 46.5 Å². The molecule has 3 heteroatoms. The molecule has 1 amide bonds. The zero-order valence-corrected chi connectivity index (χ0v) is 9.61. The number of hydrogen-bond donors (Lipinski definition) is 0. The summed E-state index contributed by atoms with van der Waals surface area (Å²) in [6, 6.07) is 7.82. The minimum atomic E-state index is -0.606. The Hall–Kier alpha value is -1.51. The largest absolute Gasteiger partial charge is 0.290 e. The van der Waals surface area contributed by atoms with Crippen LogP contribution in [0, 0.1) is 4.91 Å². The smallest absolute Gasteiger partial charge is 0.269 e. The van der Waals surface area contributed by atoms with Crippen LogP contribution in [0.25, 0.3) is 0 Å². The fourth-order valence-corrected chi connectivity index (χ4v) is 1.68. The van der Waals surface area contributed by atoms with Gasteiger partial charge < -0.3 is 0 Å². The highest BCUT2D eigenvalue weighted by molar-refractivity contribution is 5.79. The van der Waals surface area contributed by atoms with Crippen LogP contribution in [-0.4, -0.2) is 5.91 Å². The van der Waals surface area contributed by atoms with E-state index in [1.165, 1.54) is 24.8 Å². The number of aryl methyl sites for hydroxylation is 1. The molecule has 1 aromatic rings. The summed E-state index contributed by atoms with van der Waals surface area (Å²) in [6.45, 7) is 2.17. The summed E-state index contributed by atoms with van der Waals surface area (Å²) >= 11 is 0. The van der Waals surface area contributed by atoms with E-state index >= 15 is 0 Å². The van der Waals surface area contributed by atoms with E-state index < -0.39 is 5.91 Å². The van der Waals surface area contributed by atoms with Gasteiger partial charge in [0.2, 0.25) is 0 Å². The summed E-state index contributed by atoms with van der Waals surface area (Å²) in [5, 5.41) is 2.40. The van der Waals surface area contributed by atoms with E-state index in [1.807, 2.05) is 18.2 Å². The van der Waals surface area contributed by atoms with Crippen molar-refractivity contribution in [1.29, 1.82) is 0 Å². The van der Waals surface area contributed by atoms with Crippen molar-refractivity contribution in [2.75, 3.05) is 0 Å². The Morgan fingerprint density at radius 1 is 1.25 bits per heavy atom. The average molecular weight is 219 g/mol. The monoisotopic (exact) mass is 219 g/mol. The van der Waals surface area contributed by atoms with Crippen LogP contribution in [0.1, 0.15) is 37.3 Å². The third-order valence-corrected chi connectivity index (χ3v) is 2.52. The van der Waals surface area contributed by atoms with Crippen LogP contribution < -0.4 is 0 Å². The van der Waals surface area contributed by atoms with Crippen molar-refractivity contribution in [2.24, 2.45) is 5.18 Å². The van der Waals surface area contributed by atoms with Crippen molar-refractivity contribution in [3.63, 3.8) is 0 Å². The highest BCUT2D eigenvalue weighted by Crippen LogP contribution is 2.10. The first-order chi connectivity index (χ1) is 7.76. The molecule has 0 aromatic heterocycles. The Bertz CT molecular complexity index is 361. The maximum absolute atomic E-state index is 10.9. The number of benzene rings is 1. The molecule has 0 spiro atoms. The first-order valence-corrected chi connectivity index (χ1v) is 5.70. The molecule has 0 N–H and O–H groups in total. The second-order valence-corrected chi connectivity index (χ2v) is 3.94. The number of rotatable bonds is 6. The summed E-state index contributed by atoms with van der Waals surface area (Å²) in [6.07, 6.45) is 4.74. The molecule has 0 aliphatic heterocycles. The number of unbranched alkanes of at least 4 members (excludes halogenated alkanes) is 2. The van der Waals surface area contributed by atoms with Crippen LogP contribution >= 0.6 is 0 Å². The Morgan fingerprint density at radius 2 is 2.00 bits per heavy atom. The first kappa shape index (κ1) is 12.6. The molecule has 16 heavy (non-hydrogen) atoms. The van der Waals surface area contributed by atoms with Crippen molar-refractivity contribution < 1.29 is 4.79 Å². The summed E-state index contributed by atoms with van der Waals surface area (Å²) < 4.78 is 0. The van der Waals surface area contributed by atoms with Gasteiger partial charge in [-0.3, -0.25) is 4.79 Å². The second-order valence-electron chi connectivity index (χ2n) is 3.94. The van der Waals surface area contributed by atoms with E-state index in [0.717, 1.165) is 12.0 Å². The predicted molar refractivity (Wildman–Crippen MR) is 64.2 cm³/mol. The van der Waals surface area contributed by atoms with Crippen LogP contribution in [0.4, 0.5) is 0 Å². The van der Waals surface area contributed by atoms with Gasteiger partial charge in [0.1, 0.15) is 0 Å². The first-order valence-electron chi connectivity index (χ1n) is 5.70. The number of nitroso groups, excluding NO2 is 1. The number of nitrogens with zero attached hydrogens (tertiary/aromatic N) is 1. The van der Waals surface area contributed by atoms with E-state index in [2.05, 4.69) is 18.2 Å². The molecule has 0 saturated carbocycles. The van der Waals surface area contributed by atoms with E-state index in [0.29, 0.717) is 0 Å². The lowest BCUT2D eigenvalue weighted by molar-refractivity contribution is -0.117. The zero-order valence-electron chi connectivity index (χ0n) is 9.61. The Labute approximate surface area is 95.8 Å². The fourth-order valence-electron chi connectivity index (χ4n) is 1.68. The van der Waals surface area contributed by atoms with Crippen LogP contribution in [0.5, 0.6) is 0 Å². The van der Waals surface area contributed by atoms with Gasteiger partial charge >= 0.3 is 0 Å². The van der Waals surface area contributed by atoms with Gasteiger partial charge in [-0.05, 0) is 24.0 Å². The van der Waals surface area contributed by atoms with Crippen LogP contribution in [0.2, 0.25) is 0 Å². The Morgan fingerprint density at radius 3 is 2.69 bits per heavy atom. The molecule has 0 atom stereocenters. The van der Waals surface area contributed by atoms with Gasteiger partial charge in [-0.15, -0.1) is 4.91 Å². The minimum Gasteiger partial charge on any atom is -0.269 e. The molecular formula is C13H17NO2. The van der Waals surface area contributed by atoms with Crippen LogP contribution in [0.15, 0.2) is 29.4 Å². The molecule has 0 saturated heterocycles. The summed E-state index contributed by atoms with van der Waals surface area (Å²) in [4.78, 5) is 20.9. The van der Waals surface area contributed by atoms with Crippen LogP contribution in [-0.2, 0) is 17.6 Å². The molecule has 1 aromatic carbocycles. The number of carbonyl (C=O) groups is 1. The predicted octanol–water partition coefficient (Wildman–Crippen LogP) is 3.25. The molecule has 3 nitrogen and oxygen atoms in total. The number of amides is 1. The highest BCUT2D eigenvalue weighted by atomic mass is 16.3. The molecule has 0 radical (unpaired) electrons. The van der Waals surface area contributed by atoms with Crippen molar-refractivity contribution in [1.82, 2.24) is 0 Å². The van der Waals surface area contributed by atoms with Gasteiger partial charge in [-0.2, -0.15) is 0 Å². The molecule has 1 rings (SSSR count). The molecule has 0 aliphatic carbocycles. The number of hydrogen-bond acceptors (Lipinski definition) is 2. The molecule has 0 unspecified atom stereocenters. The summed E-state index contributed by atoms with van der Waals surface area (Å²) in [7, 11) is 0. The normalized spacial score (nSPS) is 10.1. The van der Waals surface area contributed by atoms with Crippen molar-refractivity contribution >= 4 is 5.91 Å². The fraction of sp³-hybridized carbons (Fsp3) is 0.462. The summed E-state index contributed by atoms with van der Waals surface area (Å²) in [5.74, 6) is -0.606. The maximum Gasteiger partial charge on any atom is 0.290 e. The van der Waals surface area contributed by atoms with E-state index in [9.17, 15) is 9.70 Å². The number of carbonyl (C=O) groups excluding carboxylic acids is 1. The van der Waals surface area contributed by atoms with Crippen molar-refractivity contribution in [3.8, 4) is 0 Å². The van der Waals surface area contributed by atoms with Crippen molar-refractivity contribution in [3.05, 3.63) is 40.3 Å². The zero-order chi connectivity index (χ0) is 11.8. The SMILES string of the molecule is CCCCCc1cccc(CC(=O)N=O)c1. The molecule has 0 aliphatic rings. The third kappa shape index (κ3) is 4.34. The molecule has 0 bridgehead atoms. The van der Waals surface area contributed by atoms with Gasteiger partial charge in [0.25, 0.3) is 5.91 Å². The molecule has 0 heterocycles. The van der Waals surface area contributed by atoms with E-state index in [1.54, 1.807) is 0 Å². The van der Waals surface area contributed by atoms with E-state index in [-0.39, 0.29) is 6.42 Å². The van der Waals surface area contributed by atoms with Gasteiger partial charge in [0, 0.05) is 5.18 Å². The Balaban J connectivity index is 2.56. The Kier molecular flexibility index (Phi) is 5.40. The lowest BCUT2D eigenvalue weighted by Gasteiger charge is -2.03. The highest BCUT2D eigenvalue weighted by Gasteiger charge is 2.03. The molecule has 86 valence electrons. The maximum atomic E-state index is 10.9. The van der Waals surface area contributed by atoms with Gasteiger partial charge in [-0.25, -0.2) is 0 Å². The lowest BCUT2D eigenvalue weighted by Crippen LogP contribution is -1.98. The summed E-state index contributed by atoms with van der Waals surface area (Å²) in [5.41, 5.74) is 2.10. The van der Waals surface area contributed by atoms with Gasteiger partial charge in [0.05, 0.1) is 6.42 Å². The quantitative estimate of drug-likeness (QED) is 0.544. The molecule has 0 fully saturated rings. The van der Waals surface area contributed by atoms with Gasteiger partial charge in [0.15, 0.2) is 0 Å². The standard InChI is InChI=1S/C13H17NO2/c1-2-3-4-6-11-7-5-8-12(9-11)10-13(15)14-16/h5,7-9H,2-4,6,10H2,1H3. The second kappa shape index (κ2) is 6.88. The third-order valence-electron chi connectivity index (χ3n) is 2.52.